The summed E-state index contributed by atoms with van der Waals surface area (Å²) >= 11 is 0. The molecule has 0 amide bonds. The maximum Gasteiger partial charge on any atom is 0.416 e. The van der Waals surface area contributed by atoms with E-state index < -0.39 is 32.2 Å². The molecule has 188 valence electrons. The molecular weight excluding hydrogens is 497 g/mol. The van der Waals surface area contributed by atoms with Gasteiger partial charge in [-0.1, -0.05) is 41.6 Å². The number of sulfonamides is 1. The van der Waals surface area contributed by atoms with Crippen molar-refractivity contribution in [2.75, 3.05) is 13.1 Å². The number of nitrogens with one attached hydrogen (secondary N) is 1. The molecule has 0 aliphatic carbocycles. The van der Waals surface area contributed by atoms with Crippen LogP contribution in [0.4, 0.5) is 13.2 Å². The summed E-state index contributed by atoms with van der Waals surface area (Å²) in [6.45, 7) is 0.528. The number of halogens is 3. The first-order valence-corrected chi connectivity index (χ1v) is 12.6. The molecule has 4 aromatic rings. The summed E-state index contributed by atoms with van der Waals surface area (Å²) in [7, 11) is -4.11. The molecule has 0 atom stereocenters. The van der Waals surface area contributed by atoms with E-state index in [1.165, 1.54) is 4.68 Å². The molecule has 1 aliphatic heterocycles. The van der Waals surface area contributed by atoms with Gasteiger partial charge < -0.3 is 4.98 Å². The molecule has 5 rings (SSSR count). The van der Waals surface area contributed by atoms with Crippen molar-refractivity contribution in [3.63, 3.8) is 0 Å². The number of hydrogen-bond acceptors (Lipinski definition) is 6. The van der Waals surface area contributed by atoms with E-state index in [1.54, 1.807) is 0 Å². The van der Waals surface area contributed by atoms with E-state index in [0.717, 1.165) is 28.1 Å². The van der Waals surface area contributed by atoms with E-state index in [1.807, 2.05) is 30.3 Å². The Morgan fingerprint density at radius 3 is 2.44 bits per heavy atom. The lowest BCUT2D eigenvalue weighted by atomic mass is 9.97. The largest absolute Gasteiger partial charge is 0.416 e. The van der Waals surface area contributed by atoms with Crippen LogP contribution in [0.15, 0.2) is 64.3 Å². The number of nitrogens with zero attached hydrogens (tertiary/aromatic N) is 5. The van der Waals surface area contributed by atoms with Crippen molar-refractivity contribution >= 4 is 21.2 Å². The molecule has 1 aliphatic rings. The lowest BCUT2D eigenvalue weighted by Gasteiger charge is -2.30. The van der Waals surface area contributed by atoms with Crippen molar-refractivity contribution in [1.82, 2.24) is 29.3 Å². The maximum absolute atomic E-state index is 13.1. The van der Waals surface area contributed by atoms with Gasteiger partial charge in [-0.2, -0.15) is 17.5 Å². The highest BCUT2D eigenvalue weighted by molar-refractivity contribution is 7.89. The highest BCUT2D eigenvalue weighted by Crippen LogP contribution is 2.33. The van der Waals surface area contributed by atoms with Crippen LogP contribution in [0.25, 0.3) is 11.2 Å². The van der Waals surface area contributed by atoms with Crippen LogP contribution in [0.3, 0.4) is 0 Å². The minimum absolute atomic E-state index is 0.0759. The molecule has 1 N–H and O–H groups in total. The summed E-state index contributed by atoms with van der Waals surface area (Å²) in [5, 5.41) is 8.00. The minimum atomic E-state index is -4.64. The van der Waals surface area contributed by atoms with Gasteiger partial charge in [0, 0.05) is 19.0 Å². The SMILES string of the molecule is O=c1[nH]c(C2CCN(S(=O)(=O)c3cccc(C(F)(F)F)c3)CC2)nc2c1nnn2Cc1ccccc1. The van der Waals surface area contributed by atoms with Crippen LogP contribution >= 0.6 is 0 Å². The number of H-pyrrole nitrogens is 1. The van der Waals surface area contributed by atoms with Crippen molar-refractivity contribution < 1.29 is 21.6 Å². The van der Waals surface area contributed by atoms with Gasteiger partial charge in [0.1, 0.15) is 5.82 Å². The molecule has 0 radical (unpaired) electrons. The Kier molecular flexibility index (Phi) is 6.12. The maximum atomic E-state index is 13.1. The van der Waals surface area contributed by atoms with E-state index in [0.29, 0.717) is 36.9 Å². The van der Waals surface area contributed by atoms with E-state index >= 15 is 0 Å². The predicted molar refractivity (Wildman–Crippen MR) is 124 cm³/mol. The van der Waals surface area contributed by atoms with Gasteiger partial charge in [-0.05, 0) is 36.6 Å². The Hall–Kier alpha value is -3.58. The molecule has 1 saturated heterocycles. The molecule has 0 bridgehead atoms. The predicted octanol–water partition coefficient (Wildman–Crippen LogP) is 3.15. The summed E-state index contributed by atoms with van der Waals surface area (Å²) in [6.07, 6.45) is -3.96. The first-order valence-electron chi connectivity index (χ1n) is 11.2. The van der Waals surface area contributed by atoms with E-state index in [4.69, 9.17) is 0 Å². The van der Waals surface area contributed by atoms with Crippen molar-refractivity contribution in [2.45, 2.75) is 36.4 Å². The monoisotopic (exact) mass is 518 g/mol. The fourth-order valence-electron chi connectivity index (χ4n) is 4.29. The summed E-state index contributed by atoms with van der Waals surface area (Å²) in [6, 6.07) is 13.2. The number of rotatable bonds is 5. The fourth-order valence-corrected chi connectivity index (χ4v) is 5.81. The number of piperidine rings is 1. The smallest absolute Gasteiger partial charge is 0.308 e. The van der Waals surface area contributed by atoms with Crippen LogP contribution in [-0.4, -0.2) is 50.8 Å². The van der Waals surface area contributed by atoms with Gasteiger partial charge >= 0.3 is 6.18 Å². The Balaban J connectivity index is 1.36. The van der Waals surface area contributed by atoms with Crippen LogP contribution in [0.1, 0.15) is 35.7 Å². The van der Waals surface area contributed by atoms with Gasteiger partial charge in [-0.3, -0.25) is 4.79 Å². The number of aromatic amines is 1. The Bertz CT molecular complexity index is 1560. The Morgan fingerprint density at radius 1 is 1.03 bits per heavy atom. The zero-order valence-corrected chi connectivity index (χ0v) is 19.6. The molecule has 2 aromatic heterocycles. The minimum Gasteiger partial charge on any atom is -0.308 e. The van der Waals surface area contributed by atoms with Crippen LogP contribution in [0.2, 0.25) is 0 Å². The van der Waals surface area contributed by atoms with Gasteiger partial charge in [0.05, 0.1) is 17.0 Å². The molecule has 3 heterocycles. The summed E-state index contributed by atoms with van der Waals surface area (Å²) in [5.41, 5.74) is -0.0560. The van der Waals surface area contributed by atoms with Gasteiger partial charge in [0.2, 0.25) is 10.0 Å². The zero-order chi connectivity index (χ0) is 25.5. The highest BCUT2D eigenvalue weighted by atomic mass is 32.2. The lowest BCUT2D eigenvalue weighted by Crippen LogP contribution is -2.38. The standard InChI is InChI=1S/C23H21F3N6O3S/c24-23(25,26)17-7-4-8-18(13-17)36(34,35)31-11-9-16(10-12-31)20-27-21-19(22(33)28-20)29-30-32(21)14-15-5-2-1-3-6-15/h1-8,13,16H,9-12,14H2,(H,27,28,33). The zero-order valence-electron chi connectivity index (χ0n) is 18.8. The molecule has 0 unspecified atom stereocenters. The first kappa shape index (κ1) is 24.1. The number of aromatic nitrogens is 5. The van der Waals surface area contributed by atoms with Gasteiger partial charge in [0.15, 0.2) is 11.2 Å². The number of fused-ring (bicyclic) bond motifs is 1. The lowest BCUT2D eigenvalue weighted by molar-refractivity contribution is -0.137. The van der Waals surface area contributed by atoms with Crippen molar-refractivity contribution in [1.29, 1.82) is 0 Å². The second-order valence-corrected chi connectivity index (χ2v) is 10.5. The average Bonchev–Trinajstić information content (AvgIpc) is 3.27. The highest BCUT2D eigenvalue weighted by Gasteiger charge is 2.35. The Labute approximate surface area is 203 Å². The van der Waals surface area contributed by atoms with Crippen LogP contribution in [-0.2, 0) is 22.7 Å². The van der Waals surface area contributed by atoms with Gasteiger partial charge in [0.25, 0.3) is 5.56 Å². The second kappa shape index (κ2) is 9.13. The molecule has 9 nitrogen and oxygen atoms in total. The normalized spacial score (nSPS) is 16.0. The van der Waals surface area contributed by atoms with Crippen molar-refractivity contribution in [2.24, 2.45) is 0 Å². The third-order valence-electron chi connectivity index (χ3n) is 6.21. The number of benzene rings is 2. The quantitative estimate of drug-likeness (QED) is 0.434. The van der Waals surface area contributed by atoms with E-state index in [2.05, 4.69) is 20.3 Å². The van der Waals surface area contributed by atoms with Crippen molar-refractivity contribution in [3.8, 4) is 0 Å². The molecule has 2 aromatic carbocycles. The van der Waals surface area contributed by atoms with E-state index in [-0.39, 0.29) is 24.5 Å². The third-order valence-corrected chi connectivity index (χ3v) is 8.10. The molecule has 13 heteroatoms. The topological polar surface area (TPSA) is 114 Å². The second-order valence-electron chi connectivity index (χ2n) is 8.56. The van der Waals surface area contributed by atoms with Crippen LogP contribution in [0, 0.1) is 0 Å². The molecule has 1 fully saturated rings. The van der Waals surface area contributed by atoms with E-state index in [9.17, 15) is 26.4 Å². The molecular formula is C23H21F3N6O3S. The summed E-state index contributed by atoms with van der Waals surface area (Å²) in [5.74, 6) is 0.162. The van der Waals surface area contributed by atoms with Gasteiger partial charge in [-0.15, -0.1) is 5.10 Å². The van der Waals surface area contributed by atoms with Crippen LogP contribution < -0.4 is 5.56 Å². The fraction of sp³-hybridized carbons (Fsp3) is 0.304. The summed E-state index contributed by atoms with van der Waals surface area (Å²) in [4.78, 5) is 19.5. The van der Waals surface area contributed by atoms with Crippen molar-refractivity contribution in [3.05, 3.63) is 81.9 Å². The number of hydrogen-bond donors (Lipinski definition) is 1. The number of alkyl halides is 3. The summed E-state index contributed by atoms with van der Waals surface area (Å²) < 4.78 is 67.8. The Morgan fingerprint density at radius 2 is 1.75 bits per heavy atom. The third kappa shape index (κ3) is 4.63. The average molecular weight is 519 g/mol. The molecule has 0 spiro atoms. The molecule has 36 heavy (non-hydrogen) atoms. The van der Waals surface area contributed by atoms with Gasteiger partial charge in [-0.25, -0.2) is 18.1 Å². The molecule has 0 saturated carbocycles. The first-order chi connectivity index (χ1) is 17.1. The van der Waals surface area contributed by atoms with Crippen LogP contribution in [0.5, 0.6) is 0 Å².